The molecule has 4 nitrogen and oxygen atoms in total. The third-order valence-electron chi connectivity index (χ3n) is 3.75. The number of carboxylic acid groups (broad SMARTS) is 1. The molecule has 1 aliphatic carbocycles. The van der Waals surface area contributed by atoms with E-state index in [1.807, 2.05) is 12.4 Å². The molecule has 1 heterocycles. The van der Waals surface area contributed by atoms with Gasteiger partial charge in [-0.2, -0.15) is 0 Å². The molecule has 1 aromatic carbocycles. The van der Waals surface area contributed by atoms with Crippen LogP contribution in [0.25, 0.3) is 0 Å². The van der Waals surface area contributed by atoms with E-state index in [0.29, 0.717) is 5.56 Å². The Bertz CT molecular complexity index is 664. The molecule has 0 fully saturated rings. The van der Waals surface area contributed by atoms with Crippen molar-refractivity contribution >= 4 is 21.9 Å². The van der Waals surface area contributed by atoms with Crippen LogP contribution in [0.4, 0.5) is 0 Å². The molecule has 1 N–H and O–H groups in total. The standard InChI is InChI=1S/C15H15BrN2O2/c16-12-7-10(15(19)20)5-6-11(12)8-18-9-17-13-3-1-2-4-14(13)18/h5-7,9H,1-4,8H2,(H,19,20). The third-order valence-corrected chi connectivity index (χ3v) is 4.49. The van der Waals surface area contributed by atoms with Gasteiger partial charge in [0.2, 0.25) is 0 Å². The van der Waals surface area contributed by atoms with Crippen molar-refractivity contribution in [3.8, 4) is 0 Å². The zero-order valence-corrected chi connectivity index (χ0v) is 12.6. The van der Waals surface area contributed by atoms with E-state index >= 15 is 0 Å². The number of aryl methyl sites for hydroxylation is 1. The van der Waals surface area contributed by atoms with Gasteiger partial charge in [0.05, 0.1) is 17.6 Å². The first-order chi connectivity index (χ1) is 9.65. The Labute approximate surface area is 125 Å². The predicted octanol–water partition coefficient (Wildman–Crippen LogP) is 3.27. The SMILES string of the molecule is O=C(O)c1ccc(Cn2cnc3c2CCCC3)c(Br)c1. The van der Waals surface area contributed by atoms with Crippen molar-refractivity contribution in [1.29, 1.82) is 0 Å². The van der Waals surface area contributed by atoms with E-state index in [4.69, 9.17) is 5.11 Å². The third kappa shape index (κ3) is 2.50. The summed E-state index contributed by atoms with van der Waals surface area (Å²) < 4.78 is 3.00. The van der Waals surface area contributed by atoms with Gasteiger partial charge in [0.1, 0.15) is 0 Å². The molecule has 0 spiro atoms. The highest BCUT2D eigenvalue weighted by molar-refractivity contribution is 9.10. The van der Waals surface area contributed by atoms with Crippen LogP contribution in [-0.2, 0) is 19.4 Å². The van der Waals surface area contributed by atoms with Gasteiger partial charge in [0.25, 0.3) is 0 Å². The Morgan fingerprint density at radius 3 is 2.90 bits per heavy atom. The number of rotatable bonds is 3. The second kappa shape index (κ2) is 5.40. The van der Waals surface area contributed by atoms with Gasteiger partial charge in [-0.25, -0.2) is 9.78 Å². The molecule has 0 aliphatic heterocycles. The van der Waals surface area contributed by atoms with E-state index in [1.54, 1.807) is 12.1 Å². The van der Waals surface area contributed by atoms with E-state index in [-0.39, 0.29) is 0 Å². The Kier molecular flexibility index (Phi) is 3.61. The van der Waals surface area contributed by atoms with Gasteiger partial charge in [-0.15, -0.1) is 0 Å². The van der Waals surface area contributed by atoms with Gasteiger partial charge >= 0.3 is 5.97 Å². The molecule has 0 atom stereocenters. The van der Waals surface area contributed by atoms with Gasteiger partial charge in [0.15, 0.2) is 0 Å². The molecule has 3 rings (SSSR count). The zero-order valence-electron chi connectivity index (χ0n) is 11.0. The van der Waals surface area contributed by atoms with Crippen LogP contribution < -0.4 is 0 Å². The van der Waals surface area contributed by atoms with Gasteiger partial charge in [-0.3, -0.25) is 0 Å². The Morgan fingerprint density at radius 2 is 2.15 bits per heavy atom. The number of benzene rings is 1. The van der Waals surface area contributed by atoms with Crippen molar-refractivity contribution in [2.75, 3.05) is 0 Å². The number of fused-ring (bicyclic) bond motifs is 1. The summed E-state index contributed by atoms with van der Waals surface area (Å²) in [5.41, 5.74) is 3.91. The van der Waals surface area contributed by atoms with E-state index in [9.17, 15) is 4.79 Å². The smallest absolute Gasteiger partial charge is 0.335 e. The number of nitrogens with zero attached hydrogens (tertiary/aromatic N) is 2. The summed E-state index contributed by atoms with van der Waals surface area (Å²) in [6, 6.07) is 5.16. The van der Waals surface area contributed by atoms with Crippen molar-refractivity contribution in [2.45, 2.75) is 32.2 Å². The van der Waals surface area contributed by atoms with Crippen molar-refractivity contribution < 1.29 is 9.90 Å². The molecular weight excluding hydrogens is 320 g/mol. The molecule has 1 aromatic heterocycles. The number of imidazole rings is 1. The molecule has 0 radical (unpaired) electrons. The highest BCUT2D eigenvalue weighted by Gasteiger charge is 2.16. The number of aromatic carboxylic acids is 1. The zero-order chi connectivity index (χ0) is 14.1. The summed E-state index contributed by atoms with van der Waals surface area (Å²) in [5, 5.41) is 8.98. The van der Waals surface area contributed by atoms with Gasteiger partial charge in [0, 0.05) is 16.7 Å². The average molecular weight is 335 g/mol. The monoisotopic (exact) mass is 334 g/mol. The Morgan fingerprint density at radius 1 is 1.35 bits per heavy atom. The number of aromatic nitrogens is 2. The summed E-state index contributed by atoms with van der Waals surface area (Å²) in [4.78, 5) is 15.4. The fourth-order valence-electron chi connectivity index (χ4n) is 2.66. The second-order valence-corrected chi connectivity index (χ2v) is 5.94. The maximum atomic E-state index is 10.9. The van der Waals surface area contributed by atoms with Crippen LogP contribution in [0.3, 0.4) is 0 Å². The lowest BCUT2D eigenvalue weighted by molar-refractivity contribution is 0.0697. The molecule has 0 unspecified atom stereocenters. The summed E-state index contributed by atoms with van der Waals surface area (Å²) in [6.45, 7) is 0.725. The molecule has 0 saturated heterocycles. The topological polar surface area (TPSA) is 55.1 Å². The Balaban J connectivity index is 1.88. The van der Waals surface area contributed by atoms with E-state index in [1.165, 1.54) is 24.2 Å². The normalized spacial score (nSPS) is 14.1. The largest absolute Gasteiger partial charge is 0.478 e. The minimum absolute atomic E-state index is 0.299. The fraction of sp³-hybridized carbons (Fsp3) is 0.333. The highest BCUT2D eigenvalue weighted by atomic mass is 79.9. The number of hydrogen-bond acceptors (Lipinski definition) is 2. The molecule has 20 heavy (non-hydrogen) atoms. The van der Waals surface area contributed by atoms with E-state index < -0.39 is 5.97 Å². The highest BCUT2D eigenvalue weighted by Crippen LogP contribution is 2.24. The minimum atomic E-state index is -0.905. The predicted molar refractivity (Wildman–Crippen MR) is 79.1 cm³/mol. The maximum absolute atomic E-state index is 10.9. The number of carboxylic acids is 1. The van der Waals surface area contributed by atoms with Crippen molar-refractivity contribution in [3.63, 3.8) is 0 Å². The Hall–Kier alpha value is -1.62. The van der Waals surface area contributed by atoms with Crippen molar-refractivity contribution in [2.24, 2.45) is 0 Å². The van der Waals surface area contributed by atoms with Gasteiger partial charge < -0.3 is 9.67 Å². The van der Waals surface area contributed by atoms with Crippen LogP contribution in [0.2, 0.25) is 0 Å². The molecular formula is C15H15BrN2O2. The summed E-state index contributed by atoms with van der Waals surface area (Å²) in [5.74, 6) is -0.905. The van der Waals surface area contributed by atoms with Crippen LogP contribution in [0.15, 0.2) is 29.0 Å². The maximum Gasteiger partial charge on any atom is 0.335 e. The molecule has 0 amide bonds. The van der Waals surface area contributed by atoms with Crippen LogP contribution in [-0.4, -0.2) is 20.6 Å². The van der Waals surface area contributed by atoms with Gasteiger partial charge in [-0.05, 0) is 43.4 Å². The first-order valence-corrected chi connectivity index (χ1v) is 7.49. The molecule has 2 aromatic rings. The van der Waals surface area contributed by atoms with Gasteiger partial charge in [-0.1, -0.05) is 22.0 Å². The average Bonchev–Trinajstić information content (AvgIpc) is 2.84. The molecule has 104 valence electrons. The molecule has 1 aliphatic rings. The molecule has 0 saturated carbocycles. The van der Waals surface area contributed by atoms with Crippen LogP contribution in [0, 0.1) is 0 Å². The number of halogens is 1. The molecule has 0 bridgehead atoms. The molecule has 5 heteroatoms. The first-order valence-electron chi connectivity index (χ1n) is 6.70. The van der Waals surface area contributed by atoms with Crippen molar-refractivity contribution in [3.05, 3.63) is 51.5 Å². The first kappa shape index (κ1) is 13.4. The lowest BCUT2D eigenvalue weighted by atomic mass is 10.0. The summed E-state index contributed by atoms with van der Waals surface area (Å²) in [7, 11) is 0. The minimum Gasteiger partial charge on any atom is -0.478 e. The summed E-state index contributed by atoms with van der Waals surface area (Å²) >= 11 is 3.46. The van der Waals surface area contributed by atoms with Crippen LogP contribution in [0.1, 0.15) is 40.2 Å². The lowest BCUT2D eigenvalue weighted by Gasteiger charge is -2.14. The van der Waals surface area contributed by atoms with E-state index in [0.717, 1.165) is 29.4 Å². The quantitative estimate of drug-likeness (QED) is 0.937. The van der Waals surface area contributed by atoms with E-state index in [2.05, 4.69) is 25.5 Å². The van der Waals surface area contributed by atoms with Crippen LogP contribution >= 0.6 is 15.9 Å². The number of carbonyl (C=O) groups is 1. The van der Waals surface area contributed by atoms with Crippen molar-refractivity contribution in [1.82, 2.24) is 9.55 Å². The fourth-order valence-corrected chi connectivity index (χ4v) is 3.16. The second-order valence-electron chi connectivity index (χ2n) is 5.08. The lowest BCUT2D eigenvalue weighted by Crippen LogP contribution is -2.09. The van der Waals surface area contributed by atoms with Crippen LogP contribution in [0.5, 0.6) is 0 Å². The summed E-state index contributed by atoms with van der Waals surface area (Å²) in [6.07, 6.45) is 6.49. The number of hydrogen-bond donors (Lipinski definition) is 1.